The fourth-order valence-corrected chi connectivity index (χ4v) is 5.54. The number of fused-ring (bicyclic) bond motifs is 5. The molecule has 0 radical (unpaired) electrons. The summed E-state index contributed by atoms with van der Waals surface area (Å²) in [6, 6.07) is 0. The molecule has 86 valence electrons. The minimum atomic E-state index is 0.164. The monoisotopic (exact) mass is 208 g/mol. The van der Waals surface area contributed by atoms with Crippen molar-refractivity contribution in [1.29, 1.82) is 0 Å². The minimum absolute atomic E-state index is 0.164. The third-order valence-corrected chi connectivity index (χ3v) is 6.37. The smallest absolute Gasteiger partial charge is 0.0709 e. The first-order valence-corrected chi connectivity index (χ1v) is 6.57. The molecule has 0 spiro atoms. The fourth-order valence-electron chi connectivity index (χ4n) is 5.54. The lowest BCUT2D eigenvalue weighted by Crippen LogP contribution is -2.49. The Hall–Kier alpha value is -0.0400. The van der Waals surface area contributed by atoms with Gasteiger partial charge in [-0.05, 0) is 55.3 Å². The van der Waals surface area contributed by atoms with Gasteiger partial charge in [0.25, 0.3) is 0 Å². The Balaban J connectivity index is 2.01. The Morgan fingerprint density at radius 1 is 1.13 bits per heavy atom. The molecule has 0 aromatic carbocycles. The van der Waals surface area contributed by atoms with Gasteiger partial charge in [-0.2, -0.15) is 0 Å². The van der Waals surface area contributed by atoms with Gasteiger partial charge in [-0.1, -0.05) is 20.3 Å². The molecule has 0 heterocycles. The van der Waals surface area contributed by atoms with Crippen LogP contribution in [0.2, 0.25) is 0 Å². The summed E-state index contributed by atoms with van der Waals surface area (Å²) in [6.07, 6.45) is 5.69. The molecule has 3 aliphatic carbocycles. The fraction of sp³-hybridized carbons (Fsp3) is 1.00. The summed E-state index contributed by atoms with van der Waals surface area (Å²) >= 11 is 0. The third kappa shape index (κ3) is 0.988. The first kappa shape index (κ1) is 10.1. The molecule has 0 saturated heterocycles. The predicted octanol–water partition coefficient (Wildman–Crippen LogP) is 3.48. The van der Waals surface area contributed by atoms with Crippen LogP contribution in [0.1, 0.15) is 46.5 Å². The quantitative estimate of drug-likeness (QED) is 0.641. The number of methoxy groups -OCH3 is 1. The lowest BCUT2D eigenvalue weighted by molar-refractivity contribution is -0.121. The van der Waals surface area contributed by atoms with Crippen molar-refractivity contribution in [1.82, 2.24) is 0 Å². The maximum Gasteiger partial charge on any atom is 0.0709 e. The van der Waals surface area contributed by atoms with E-state index < -0.39 is 0 Å². The summed E-state index contributed by atoms with van der Waals surface area (Å²) in [7, 11) is 1.92. The van der Waals surface area contributed by atoms with Crippen LogP contribution in [0.5, 0.6) is 0 Å². The summed E-state index contributed by atoms with van der Waals surface area (Å²) in [5, 5.41) is 0. The van der Waals surface area contributed by atoms with Gasteiger partial charge in [-0.15, -0.1) is 0 Å². The molecule has 3 rings (SSSR count). The molecule has 0 amide bonds. The highest BCUT2D eigenvalue weighted by atomic mass is 16.5. The molecule has 3 aliphatic rings. The van der Waals surface area contributed by atoms with E-state index in [0.717, 1.165) is 23.7 Å². The lowest BCUT2D eigenvalue weighted by Gasteiger charge is -2.48. The van der Waals surface area contributed by atoms with Crippen molar-refractivity contribution < 1.29 is 4.74 Å². The molecule has 3 fully saturated rings. The van der Waals surface area contributed by atoms with Crippen LogP contribution >= 0.6 is 0 Å². The van der Waals surface area contributed by atoms with Gasteiger partial charge in [-0.25, -0.2) is 0 Å². The lowest BCUT2D eigenvalue weighted by atomic mass is 9.62. The Morgan fingerprint density at radius 3 is 2.53 bits per heavy atom. The van der Waals surface area contributed by atoms with Crippen molar-refractivity contribution in [2.24, 2.45) is 29.1 Å². The van der Waals surface area contributed by atoms with Crippen LogP contribution in [0, 0.1) is 29.1 Å². The highest BCUT2D eigenvalue weighted by Gasteiger charge is 2.67. The Kier molecular flexibility index (Phi) is 1.89. The van der Waals surface area contributed by atoms with Gasteiger partial charge in [0.1, 0.15) is 0 Å². The van der Waals surface area contributed by atoms with Gasteiger partial charge in [0.05, 0.1) is 5.60 Å². The molecule has 15 heavy (non-hydrogen) atoms. The summed E-state index contributed by atoms with van der Waals surface area (Å²) < 4.78 is 5.89. The summed E-state index contributed by atoms with van der Waals surface area (Å²) in [4.78, 5) is 0. The molecule has 0 N–H and O–H groups in total. The van der Waals surface area contributed by atoms with Gasteiger partial charge in [-0.3, -0.25) is 0 Å². The molecule has 2 bridgehead atoms. The second-order valence-corrected chi connectivity index (χ2v) is 6.77. The van der Waals surface area contributed by atoms with Crippen LogP contribution < -0.4 is 0 Å². The minimum Gasteiger partial charge on any atom is -0.378 e. The van der Waals surface area contributed by atoms with Crippen LogP contribution in [-0.4, -0.2) is 12.7 Å². The summed E-state index contributed by atoms with van der Waals surface area (Å²) in [6.45, 7) is 7.32. The molecule has 3 saturated carbocycles. The van der Waals surface area contributed by atoms with E-state index in [1.807, 2.05) is 7.11 Å². The van der Waals surface area contributed by atoms with E-state index in [1.54, 1.807) is 0 Å². The highest BCUT2D eigenvalue weighted by Crippen LogP contribution is 2.71. The molecule has 6 unspecified atom stereocenters. The van der Waals surface area contributed by atoms with E-state index in [4.69, 9.17) is 4.74 Å². The maximum absolute atomic E-state index is 5.89. The number of hydrogen-bond acceptors (Lipinski definition) is 1. The van der Waals surface area contributed by atoms with E-state index >= 15 is 0 Å². The number of rotatable bonds is 1. The first-order chi connectivity index (χ1) is 7.02. The van der Waals surface area contributed by atoms with Crippen LogP contribution in [0.25, 0.3) is 0 Å². The standard InChI is InChI=1S/C14H24O/c1-9-5-6-11-10-7-13(2,12(9)11)14(3,8-10)15-4/h9-12H,5-8H2,1-4H3. The molecule has 1 nitrogen and oxygen atoms in total. The van der Waals surface area contributed by atoms with E-state index in [2.05, 4.69) is 20.8 Å². The maximum atomic E-state index is 5.89. The Morgan fingerprint density at radius 2 is 1.87 bits per heavy atom. The van der Waals surface area contributed by atoms with Crippen molar-refractivity contribution in [2.75, 3.05) is 7.11 Å². The molecule has 0 aromatic rings. The van der Waals surface area contributed by atoms with Crippen molar-refractivity contribution in [3.05, 3.63) is 0 Å². The summed E-state index contributed by atoms with van der Waals surface area (Å²) in [5.74, 6) is 3.88. The zero-order valence-electron chi connectivity index (χ0n) is 10.5. The largest absolute Gasteiger partial charge is 0.378 e. The van der Waals surface area contributed by atoms with E-state index in [0.29, 0.717) is 5.41 Å². The second kappa shape index (κ2) is 2.80. The molecule has 6 atom stereocenters. The van der Waals surface area contributed by atoms with Gasteiger partial charge in [0.2, 0.25) is 0 Å². The van der Waals surface area contributed by atoms with Gasteiger partial charge in [0, 0.05) is 7.11 Å². The summed E-state index contributed by atoms with van der Waals surface area (Å²) in [5.41, 5.74) is 0.629. The SMILES string of the molecule is COC1(C)CC2CC1(C)C1C(C)CCC21. The third-order valence-electron chi connectivity index (χ3n) is 6.37. The van der Waals surface area contributed by atoms with Crippen molar-refractivity contribution in [3.8, 4) is 0 Å². The molecule has 0 aliphatic heterocycles. The average Bonchev–Trinajstić information content (AvgIpc) is 2.76. The van der Waals surface area contributed by atoms with E-state index in [-0.39, 0.29) is 5.60 Å². The van der Waals surface area contributed by atoms with Crippen LogP contribution in [-0.2, 0) is 4.74 Å². The van der Waals surface area contributed by atoms with E-state index in [1.165, 1.54) is 25.7 Å². The van der Waals surface area contributed by atoms with Gasteiger partial charge >= 0.3 is 0 Å². The van der Waals surface area contributed by atoms with Crippen LogP contribution in [0.15, 0.2) is 0 Å². The molecule has 1 heteroatoms. The van der Waals surface area contributed by atoms with Crippen LogP contribution in [0.4, 0.5) is 0 Å². The van der Waals surface area contributed by atoms with Gasteiger partial charge in [0.15, 0.2) is 0 Å². The van der Waals surface area contributed by atoms with Crippen molar-refractivity contribution in [3.63, 3.8) is 0 Å². The highest BCUT2D eigenvalue weighted by molar-refractivity contribution is 5.17. The molecular weight excluding hydrogens is 184 g/mol. The molecule has 0 aromatic heterocycles. The van der Waals surface area contributed by atoms with Crippen molar-refractivity contribution >= 4 is 0 Å². The predicted molar refractivity (Wildman–Crippen MR) is 61.6 cm³/mol. The second-order valence-electron chi connectivity index (χ2n) is 6.77. The first-order valence-electron chi connectivity index (χ1n) is 6.57. The Labute approximate surface area is 93.6 Å². The zero-order valence-corrected chi connectivity index (χ0v) is 10.5. The topological polar surface area (TPSA) is 9.23 Å². The van der Waals surface area contributed by atoms with E-state index in [9.17, 15) is 0 Å². The normalized spacial score (nSPS) is 62.4. The molecular formula is C14H24O. The Bertz CT molecular complexity index is 287. The van der Waals surface area contributed by atoms with Crippen molar-refractivity contribution in [2.45, 2.75) is 52.1 Å². The van der Waals surface area contributed by atoms with Gasteiger partial charge < -0.3 is 4.74 Å². The number of ether oxygens (including phenoxy) is 1. The zero-order chi connectivity index (χ0) is 10.8. The number of hydrogen-bond donors (Lipinski definition) is 0. The van der Waals surface area contributed by atoms with Crippen LogP contribution in [0.3, 0.4) is 0 Å². The average molecular weight is 208 g/mol.